The highest BCUT2D eigenvalue weighted by Gasteiger charge is 2.35. The van der Waals surface area contributed by atoms with E-state index in [1.165, 1.54) is 12.1 Å². The fourth-order valence-corrected chi connectivity index (χ4v) is 5.62. The van der Waals surface area contributed by atoms with Gasteiger partial charge in [0.05, 0.1) is 34.0 Å². The van der Waals surface area contributed by atoms with E-state index < -0.39 is 26.9 Å². The van der Waals surface area contributed by atoms with Gasteiger partial charge in [0, 0.05) is 36.1 Å². The zero-order valence-corrected chi connectivity index (χ0v) is 20.0. The number of halogens is 2. The minimum absolute atomic E-state index is 0.159. The van der Waals surface area contributed by atoms with Crippen LogP contribution in [0, 0.1) is 11.6 Å². The number of aryl methyl sites for hydroxylation is 1. The monoisotopic (exact) mass is 505 g/mol. The number of nitrogens with zero attached hydrogens (tertiary/aromatic N) is 4. The molecule has 1 aliphatic carbocycles. The molecule has 1 fully saturated rings. The molecule has 0 spiro atoms. The smallest absolute Gasteiger partial charge is 0.235 e. The van der Waals surface area contributed by atoms with Crippen LogP contribution in [0.1, 0.15) is 12.8 Å². The maximum atomic E-state index is 14.7. The van der Waals surface area contributed by atoms with Crippen LogP contribution in [0.25, 0.3) is 39.1 Å². The van der Waals surface area contributed by atoms with Gasteiger partial charge in [-0.1, -0.05) is 6.07 Å². The Labute approximate surface area is 206 Å². The van der Waals surface area contributed by atoms with Crippen molar-refractivity contribution in [1.29, 1.82) is 0 Å². The maximum Gasteiger partial charge on any atom is 0.235 e. The van der Waals surface area contributed by atoms with E-state index in [1.807, 2.05) is 36.0 Å². The number of sulfonamides is 1. The standard InChI is InChI=1S/C26H21F2N5O2S/c1-32-13-25(29-14-32)16-2-7-26-24(10-16)30-15-33(26)20-9-17(22-6-3-18(27)11-23(22)28)8-19(12-20)31-36(34,35)21-4-5-21/h2-3,6-15,21,31H,4-5H2,1H3. The van der Waals surface area contributed by atoms with Gasteiger partial charge in [0.1, 0.15) is 18.0 Å². The lowest BCUT2D eigenvalue weighted by atomic mass is 10.0. The first kappa shape index (κ1) is 22.4. The van der Waals surface area contributed by atoms with E-state index in [0.29, 0.717) is 29.8 Å². The van der Waals surface area contributed by atoms with Crippen molar-refractivity contribution in [2.24, 2.45) is 7.05 Å². The topological polar surface area (TPSA) is 81.8 Å². The van der Waals surface area contributed by atoms with Crippen LogP contribution in [0.2, 0.25) is 0 Å². The Morgan fingerprint density at radius 2 is 1.78 bits per heavy atom. The van der Waals surface area contributed by atoms with Crippen molar-refractivity contribution in [3.05, 3.63) is 85.1 Å². The molecule has 182 valence electrons. The largest absolute Gasteiger partial charge is 0.340 e. The Morgan fingerprint density at radius 3 is 2.50 bits per heavy atom. The first-order valence-corrected chi connectivity index (χ1v) is 12.9. The number of fused-ring (bicyclic) bond motifs is 1. The molecule has 0 radical (unpaired) electrons. The summed E-state index contributed by atoms with van der Waals surface area (Å²) in [6.45, 7) is 0. The van der Waals surface area contributed by atoms with Crippen LogP contribution < -0.4 is 4.72 Å². The molecule has 0 unspecified atom stereocenters. The molecule has 10 heteroatoms. The van der Waals surface area contributed by atoms with Crippen LogP contribution in [0.15, 0.2) is 73.4 Å². The van der Waals surface area contributed by atoms with Gasteiger partial charge in [0.25, 0.3) is 0 Å². The lowest BCUT2D eigenvalue weighted by Gasteiger charge is -2.14. The fraction of sp³-hybridized carbons (Fsp3) is 0.154. The summed E-state index contributed by atoms with van der Waals surface area (Å²) >= 11 is 0. The second-order valence-electron chi connectivity index (χ2n) is 8.98. The number of hydrogen-bond donors (Lipinski definition) is 1. The summed E-state index contributed by atoms with van der Waals surface area (Å²) in [5.74, 6) is -1.43. The second kappa shape index (κ2) is 8.27. The number of imidazole rings is 2. The normalized spacial score (nSPS) is 13.9. The summed E-state index contributed by atoms with van der Waals surface area (Å²) in [4.78, 5) is 8.91. The highest BCUT2D eigenvalue weighted by atomic mass is 32.2. The molecule has 0 bridgehead atoms. The Bertz CT molecular complexity index is 1740. The summed E-state index contributed by atoms with van der Waals surface area (Å²) < 4.78 is 59.8. The van der Waals surface area contributed by atoms with Crippen LogP contribution >= 0.6 is 0 Å². The van der Waals surface area contributed by atoms with Crippen LogP contribution in [0.5, 0.6) is 0 Å². The SMILES string of the molecule is Cn1cnc(-c2ccc3c(c2)ncn3-c2cc(NS(=O)(=O)C3CC3)cc(-c3ccc(F)cc3F)c2)c1. The third-order valence-corrected chi connectivity index (χ3v) is 8.08. The molecule has 3 aromatic carbocycles. The molecule has 6 rings (SSSR count). The zero-order valence-electron chi connectivity index (χ0n) is 19.2. The van der Waals surface area contributed by atoms with Crippen molar-refractivity contribution in [3.63, 3.8) is 0 Å². The Kier molecular flexibility index (Phi) is 5.15. The lowest BCUT2D eigenvalue weighted by molar-refractivity contribution is 0.585. The van der Waals surface area contributed by atoms with Crippen LogP contribution in [-0.4, -0.2) is 32.8 Å². The van der Waals surface area contributed by atoms with Crippen molar-refractivity contribution in [2.75, 3.05) is 4.72 Å². The number of aromatic nitrogens is 4. The average Bonchev–Trinajstić information content (AvgIpc) is 3.49. The molecule has 36 heavy (non-hydrogen) atoms. The van der Waals surface area contributed by atoms with E-state index in [4.69, 9.17) is 0 Å². The molecule has 5 aromatic rings. The number of hydrogen-bond acceptors (Lipinski definition) is 4. The highest BCUT2D eigenvalue weighted by Crippen LogP contribution is 2.34. The Balaban J connectivity index is 1.47. The van der Waals surface area contributed by atoms with E-state index >= 15 is 0 Å². The van der Waals surface area contributed by atoms with Crippen molar-refractivity contribution in [3.8, 4) is 28.1 Å². The molecular weight excluding hydrogens is 484 g/mol. The van der Waals surface area contributed by atoms with E-state index in [-0.39, 0.29) is 5.56 Å². The number of anilines is 1. The molecule has 1 aliphatic rings. The molecule has 0 amide bonds. The predicted octanol–water partition coefficient (Wildman–Crippen LogP) is 5.28. The predicted molar refractivity (Wildman–Crippen MR) is 134 cm³/mol. The molecule has 7 nitrogen and oxygen atoms in total. The summed E-state index contributed by atoms with van der Waals surface area (Å²) in [6.07, 6.45) is 6.49. The van der Waals surface area contributed by atoms with Crippen LogP contribution in [-0.2, 0) is 17.1 Å². The van der Waals surface area contributed by atoms with E-state index in [0.717, 1.165) is 28.4 Å². The minimum atomic E-state index is -3.56. The molecular formula is C26H21F2N5O2S. The molecule has 1 saturated carbocycles. The van der Waals surface area contributed by atoms with Crippen molar-refractivity contribution in [1.82, 2.24) is 19.1 Å². The van der Waals surface area contributed by atoms with Crippen molar-refractivity contribution >= 4 is 26.7 Å². The maximum absolute atomic E-state index is 14.7. The first-order valence-electron chi connectivity index (χ1n) is 11.3. The van der Waals surface area contributed by atoms with Gasteiger partial charge in [-0.05, 0) is 60.9 Å². The van der Waals surface area contributed by atoms with Gasteiger partial charge in [-0.15, -0.1) is 0 Å². The average molecular weight is 506 g/mol. The van der Waals surface area contributed by atoms with Gasteiger partial charge in [-0.25, -0.2) is 27.2 Å². The van der Waals surface area contributed by atoms with Crippen molar-refractivity contribution in [2.45, 2.75) is 18.1 Å². The number of rotatable bonds is 6. The van der Waals surface area contributed by atoms with Gasteiger partial charge in [0.2, 0.25) is 10.0 Å². The summed E-state index contributed by atoms with van der Waals surface area (Å²) in [5.41, 5.74) is 4.67. The van der Waals surface area contributed by atoms with Gasteiger partial charge in [-0.3, -0.25) is 9.29 Å². The Hall–Kier alpha value is -4.05. The minimum Gasteiger partial charge on any atom is -0.340 e. The molecule has 0 atom stereocenters. The molecule has 0 aliphatic heterocycles. The van der Waals surface area contributed by atoms with E-state index in [1.54, 1.807) is 35.4 Å². The Morgan fingerprint density at radius 1 is 0.944 bits per heavy atom. The zero-order chi connectivity index (χ0) is 25.0. The van der Waals surface area contributed by atoms with Crippen LogP contribution in [0.4, 0.5) is 14.5 Å². The molecule has 2 heterocycles. The molecule has 0 saturated heterocycles. The number of benzene rings is 3. The van der Waals surface area contributed by atoms with Gasteiger partial charge in [-0.2, -0.15) is 0 Å². The quantitative estimate of drug-likeness (QED) is 0.341. The molecule has 2 aromatic heterocycles. The first-order chi connectivity index (χ1) is 17.3. The van der Waals surface area contributed by atoms with Gasteiger partial charge < -0.3 is 4.57 Å². The molecule has 1 N–H and O–H groups in total. The highest BCUT2D eigenvalue weighted by molar-refractivity contribution is 7.93. The third-order valence-electron chi connectivity index (χ3n) is 6.21. The van der Waals surface area contributed by atoms with Gasteiger partial charge in [0.15, 0.2) is 0 Å². The van der Waals surface area contributed by atoms with Crippen molar-refractivity contribution < 1.29 is 17.2 Å². The van der Waals surface area contributed by atoms with Gasteiger partial charge >= 0.3 is 0 Å². The van der Waals surface area contributed by atoms with E-state index in [2.05, 4.69) is 14.7 Å². The lowest BCUT2D eigenvalue weighted by Crippen LogP contribution is -2.17. The fourth-order valence-electron chi connectivity index (χ4n) is 4.25. The number of nitrogens with one attached hydrogen (secondary N) is 1. The second-order valence-corrected chi connectivity index (χ2v) is 10.9. The van der Waals surface area contributed by atoms with E-state index in [9.17, 15) is 17.2 Å². The summed E-state index contributed by atoms with van der Waals surface area (Å²) in [6, 6.07) is 14.0. The third kappa shape index (κ3) is 4.13. The summed E-state index contributed by atoms with van der Waals surface area (Å²) in [5, 5.41) is -0.425. The van der Waals surface area contributed by atoms with Crippen LogP contribution in [0.3, 0.4) is 0 Å². The summed E-state index contributed by atoms with van der Waals surface area (Å²) in [7, 11) is -1.66.